The van der Waals surface area contributed by atoms with Crippen molar-refractivity contribution >= 4 is 10.9 Å². The number of ether oxygens (including phenoxy) is 1. The van der Waals surface area contributed by atoms with Crippen molar-refractivity contribution < 1.29 is 9.13 Å². The number of aromatic nitrogens is 2. The third kappa shape index (κ3) is 2.43. The molecule has 0 radical (unpaired) electrons. The van der Waals surface area contributed by atoms with Crippen LogP contribution in [0.25, 0.3) is 10.9 Å². The first-order chi connectivity index (χ1) is 10.2. The number of fused-ring (bicyclic) bond motifs is 1. The average molecular weight is 281 g/mol. The van der Waals surface area contributed by atoms with E-state index in [-0.39, 0.29) is 17.9 Å². The van der Waals surface area contributed by atoms with Crippen molar-refractivity contribution in [1.82, 2.24) is 9.78 Å². The lowest BCUT2D eigenvalue weighted by atomic mass is 10.2. The summed E-state index contributed by atoms with van der Waals surface area (Å²) in [5, 5.41) is 14.1. The Bertz CT molecular complexity index is 848. The number of aryl methyl sites for hydroxylation is 1. The van der Waals surface area contributed by atoms with Crippen LogP contribution in [0.15, 0.2) is 42.5 Å². The first kappa shape index (κ1) is 13.1. The van der Waals surface area contributed by atoms with Crippen LogP contribution in [0.2, 0.25) is 0 Å². The van der Waals surface area contributed by atoms with E-state index in [2.05, 4.69) is 5.10 Å². The number of para-hydroxylation sites is 1. The predicted octanol–water partition coefficient (Wildman–Crippen LogP) is 3.16. The number of rotatable bonds is 3. The number of nitrogens with zero attached hydrogens (tertiary/aromatic N) is 3. The van der Waals surface area contributed by atoms with Gasteiger partial charge in [-0.25, -0.2) is 4.39 Å². The van der Waals surface area contributed by atoms with Gasteiger partial charge in [0.2, 0.25) is 0 Å². The molecule has 0 aliphatic rings. The zero-order chi connectivity index (χ0) is 14.8. The standard InChI is InChI=1S/C16H12FN3O/c1-20-15-5-3-2-4-12(15)14(19-20)10-21-16-7-6-11(9-18)8-13(16)17/h2-8H,10H2,1H3. The number of benzene rings is 2. The normalized spacial score (nSPS) is 10.5. The number of nitriles is 1. The minimum absolute atomic E-state index is 0.115. The van der Waals surface area contributed by atoms with Crippen LogP contribution in [0.5, 0.6) is 5.75 Å². The fourth-order valence-corrected chi connectivity index (χ4v) is 2.23. The molecule has 1 heterocycles. The van der Waals surface area contributed by atoms with Crippen LogP contribution < -0.4 is 4.74 Å². The lowest BCUT2D eigenvalue weighted by Crippen LogP contribution is -2.00. The first-order valence-corrected chi connectivity index (χ1v) is 6.42. The summed E-state index contributed by atoms with van der Waals surface area (Å²) < 4.78 is 21.0. The molecule has 5 heteroatoms. The SMILES string of the molecule is Cn1nc(COc2ccc(C#N)cc2F)c2ccccc21. The number of hydrogen-bond acceptors (Lipinski definition) is 3. The maximum atomic E-state index is 13.8. The summed E-state index contributed by atoms with van der Waals surface area (Å²) in [5.41, 5.74) is 2.01. The molecule has 21 heavy (non-hydrogen) atoms. The molecule has 0 atom stereocenters. The van der Waals surface area contributed by atoms with E-state index in [1.165, 1.54) is 12.1 Å². The van der Waals surface area contributed by atoms with Crippen LogP contribution in [-0.4, -0.2) is 9.78 Å². The molecule has 0 bridgehead atoms. The van der Waals surface area contributed by atoms with E-state index in [1.54, 1.807) is 4.68 Å². The van der Waals surface area contributed by atoms with Crippen LogP contribution in [0.1, 0.15) is 11.3 Å². The summed E-state index contributed by atoms with van der Waals surface area (Å²) >= 11 is 0. The van der Waals surface area contributed by atoms with Crippen molar-refractivity contribution in [3.05, 3.63) is 59.5 Å². The topological polar surface area (TPSA) is 50.8 Å². The molecule has 0 N–H and O–H groups in total. The van der Waals surface area contributed by atoms with Crippen molar-refractivity contribution in [3.8, 4) is 11.8 Å². The first-order valence-electron chi connectivity index (χ1n) is 6.42. The molecule has 0 saturated carbocycles. The van der Waals surface area contributed by atoms with Gasteiger partial charge in [0.15, 0.2) is 11.6 Å². The number of hydrogen-bond donors (Lipinski definition) is 0. The number of halogens is 1. The summed E-state index contributed by atoms with van der Waals surface area (Å²) in [5.74, 6) is -0.432. The van der Waals surface area contributed by atoms with Gasteiger partial charge in [-0.1, -0.05) is 18.2 Å². The van der Waals surface area contributed by atoms with E-state index in [4.69, 9.17) is 10.00 Å². The highest BCUT2D eigenvalue weighted by Crippen LogP contribution is 2.22. The summed E-state index contributed by atoms with van der Waals surface area (Å²) in [6.45, 7) is 0.171. The zero-order valence-corrected chi connectivity index (χ0v) is 11.4. The summed E-state index contributed by atoms with van der Waals surface area (Å²) in [6, 6.07) is 13.8. The van der Waals surface area contributed by atoms with Crippen molar-refractivity contribution in [2.45, 2.75) is 6.61 Å². The van der Waals surface area contributed by atoms with Gasteiger partial charge < -0.3 is 4.74 Å². The molecule has 0 aliphatic heterocycles. The molecule has 0 spiro atoms. The van der Waals surface area contributed by atoms with Crippen LogP contribution in [0.3, 0.4) is 0 Å². The molecular weight excluding hydrogens is 269 g/mol. The van der Waals surface area contributed by atoms with E-state index >= 15 is 0 Å². The van der Waals surface area contributed by atoms with E-state index in [1.807, 2.05) is 37.4 Å². The van der Waals surface area contributed by atoms with Crippen molar-refractivity contribution in [1.29, 1.82) is 5.26 Å². The largest absolute Gasteiger partial charge is 0.484 e. The predicted molar refractivity (Wildman–Crippen MR) is 76.2 cm³/mol. The molecule has 0 saturated heterocycles. The second-order valence-corrected chi connectivity index (χ2v) is 4.63. The Hall–Kier alpha value is -2.87. The highest BCUT2D eigenvalue weighted by Gasteiger charge is 2.10. The van der Waals surface area contributed by atoms with Gasteiger partial charge in [0.1, 0.15) is 12.3 Å². The monoisotopic (exact) mass is 281 g/mol. The minimum Gasteiger partial charge on any atom is -0.484 e. The van der Waals surface area contributed by atoms with Crippen LogP contribution >= 0.6 is 0 Å². The molecule has 3 rings (SSSR count). The van der Waals surface area contributed by atoms with Crippen molar-refractivity contribution in [2.24, 2.45) is 7.05 Å². The van der Waals surface area contributed by atoms with Gasteiger partial charge in [-0.05, 0) is 24.3 Å². The lowest BCUT2D eigenvalue weighted by Gasteiger charge is -2.05. The Labute approximate surface area is 121 Å². The van der Waals surface area contributed by atoms with Gasteiger partial charge in [-0.15, -0.1) is 0 Å². The Morgan fingerprint density at radius 1 is 1.29 bits per heavy atom. The lowest BCUT2D eigenvalue weighted by molar-refractivity contribution is 0.286. The Balaban J connectivity index is 1.86. The molecule has 0 unspecified atom stereocenters. The van der Waals surface area contributed by atoms with Gasteiger partial charge in [0.25, 0.3) is 0 Å². The van der Waals surface area contributed by atoms with Gasteiger partial charge >= 0.3 is 0 Å². The smallest absolute Gasteiger partial charge is 0.166 e. The van der Waals surface area contributed by atoms with Gasteiger partial charge in [-0.3, -0.25) is 4.68 Å². The second-order valence-electron chi connectivity index (χ2n) is 4.63. The average Bonchev–Trinajstić information content (AvgIpc) is 2.83. The molecule has 3 aromatic rings. The summed E-state index contributed by atoms with van der Waals surface area (Å²) in [4.78, 5) is 0. The maximum Gasteiger partial charge on any atom is 0.166 e. The highest BCUT2D eigenvalue weighted by molar-refractivity contribution is 5.81. The third-order valence-corrected chi connectivity index (χ3v) is 3.26. The van der Waals surface area contributed by atoms with Crippen molar-refractivity contribution in [3.63, 3.8) is 0 Å². The molecule has 104 valence electrons. The van der Waals surface area contributed by atoms with Crippen LogP contribution in [0, 0.1) is 17.1 Å². The quantitative estimate of drug-likeness (QED) is 0.741. The summed E-state index contributed by atoms with van der Waals surface area (Å²) in [6.07, 6.45) is 0. The van der Waals surface area contributed by atoms with Gasteiger partial charge in [0.05, 0.1) is 17.1 Å². The molecule has 2 aromatic carbocycles. The third-order valence-electron chi connectivity index (χ3n) is 3.26. The van der Waals surface area contributed by atoms with Crippen LogP contribution in [-0.2, 0) is 13.7 Å². The van der Waals surface area contributed by atoms with Gasteiger partial charge in [0, 0.05) is 12.4 Å². The van der Waals surface area contributed by atoms with E-state index in [0.717, 1.165) is 22.7 Å². The Kier molecular flexibility index (Phi) is 3.28. The van der Waals surface area contributed by atoms with E-state index in [0.29, 0.717) is 0 Å². The molecule has 0 aliphatic carbocycles. The fourth-order valence-electron chi connectivity index (χ4n) is 2.23. The van der Waals surface area contributed by atoms with Crippen LogP contribution in [0.4, 0.5) is 4.39 Å². The van der Waals surface area contributed by atoms with E-state index < -0.39 is 5.82 Å². The second kappa shape index (κ2) is 5.25. The van der Waals surface area contributed by atoms with Crippen molar-refractivity contribution in [2.75, 3.05) is 0 Å². The van der Waals surface area contributed by atoms with E-state index in [9.17, 15) is 4.39 Å². The maximum absolute atomic E-state index is 13.8. The van der Waals surface area contributed by atoms with Gasteiger partial charge in [-0.2, -0.15) is 10.4 Å². The Morgan fingerprint density at radius 2 is 2.10 bits per heavy atom. The minimum atomic E-state index is -0.547. The molecule has 4 nitrogen and oxygen atoms in total. The molecule has 0 fully saturated rings. The molecular formula is C16H12FN3O. The fraction of sp³-hybridized carbons (Fsp3) is 0.125. The highest BCUT2D eigenvalue weighted by atomic mass is 19.1. The molecule has 1 aromatic heterocycles. The zero-order valence-electron chi connectivity index (χ0n) is 11.4. The Morgan fingerprint density at radius 3 is 2.86 bits per heavy atom. The molecule has 0 amide bonds. The summed E-state index contributed by atoms with van der Waals surface area (Å²) in [7, 11) is 1.86.